The second-order valence-electron chi connectivity index (χ2n) is 7.76. The van der Waals surface area contributed by atoms with Crippen LogP contribution in [0.2, 0.25) is 5.02 Å². The smallest absolute Gasteiger partial charge is 0.251 e. The molecule has 0 aromatic heterocycles. The minimum atomic E-state index is -0.858. The van der Waals surface area contributed by atoms with Crippen molar-refractivity contribution in [2.45, 2.75) is 26.3 Å². The summed E-state index contributed by atoms with van der Waals surface area (Å²) in [6.07, 6.45) is 0.282. The molecule has 0 radical (unpaired) electrons. The molecule has 0 fully saturated rings. The molecule has 33 heavy (non-hydrogen) atoms. The van der Waals surface area contributed by atoms with Crippen LogP contribution in [0, 0.1) is 13.8 Å². The number of para-hydroxylation sites is 1. The number of benzene rings is 3. The fourth-order valence-corrected chi connectivity index (χ4v) is 3.51. The average Bonchev–Trinajstić information content (AvgIpc) is 2.80. The summed E-state index contributed by atoms with van der Waals surface area (Å²) in [4.78, 5) is 38.1. The lowest BCUT2D eigenvalue weighted by Crippen LogP contribution is -2.49. The van der Waals surface area contributed by atoms with Crippen LogP contribution in [-0.2, 0) is 16.0 Å². The Morgan fingerprint density at radius 2 is 1.48 bits per heavy atom. The first kappa shape index (κ1) is 24.0. The second-order valence-corrected chi connectivity index (χ2v) is 8.19. The maximum Gasteiger partial charge on any atom is 0.251 e. The Balaban J connectivity index is 1.67. The molecule has 3 amide bonds. The number of amides is 3. The van der Waals surface area contributed by atoms with Gasteiger partial charge in [-0.1, -0.05) is 60.1 Å². The van der Waals surface area contributed by atoms with Gasteiger partial charge in [-0.15, -0.1) is 0 Å². The first-order chi connectivity index (χ1) is 15.8. The van der Waals surface area contributed by atoms with E-state index < -0.39 is 17.9 Å². The number of hydrogen-bond donors (Lipinski definition) is 3. The molecule has 0 aliphatic heterocycles. The van der Waals surface area contributed by atoms with Gasteiger partial charge in [0.1, 0.15) is 6.04 Å². The van der Waals surface area contributed by atoms with Crippen LogP contribution in [0.15, 0.2) is 72.8 Å². The number of aryl methyl sites for hydroxylation is 2. The minimum absolute atomic E-state index is 0.214. The Bertz CT molecular complexity index is 1110. The highest BCUT2D eigenvalue weighted by atomic mass is 35.5. The maximum atomic E-state index is 12.9. The average molecular weight is 464 g/mol. The molecule has 1 unspecified atom stereocenters. The molecule has 0 saturated carbocycles. The number of nitrogens with one attached hydrogen (secondary N) is 3. The van der Waals surface area contributed by atoms with Gasteiger partial charge in [-0.05, 0) is 54.8 Å². The van der Waals surface area contributed by atoms with Crippen LogP contribution in [0.25, 0.3) is 0 Å². The highest BCUT2D eigenvalue weighted by Gasteiger charge is 2.22. The van der Waals surface area contributed by atoms with E-state index in [1.165, 1.54) is 0 Å². The third-order valence-electron chi connectivity index (χ3n) is 5.18. The van der Waals surface area contributed by atoms with Crippen molar-refractivity contribution >= 4 is 35.0 Å². The Labute approximate surface area is 198 Å². The number of halogens is 1. The normalized spacial score (nSPS) is 11.4. The summed E-state index contributed by atoms with van der Waals surface area (Å²) in [5.41, 5.74) is 3.87. The summed E-state index contributed by atoms with van der Waals surface area (Å²) in [6, 6.07) is 20.6. The maximum absolute atomic E-state index is 12.9. The van der Waals surface area contributed by atoms with Gasteiger partial charge in [0.15, 0.2) is 0 Å². The molecule has 0 heterocycles. The van der Waals surface area contributed by atoms with Crippen molar-refractivity contribution in [3.8, 4) is 0 Å². The van der Waals surface area contributed by atoms with Crippen LogP contribution in [0.3, 0.4) is 0 Å². The fourth-order valence-electron chi connectivity index (χ4n) is 3.39. The molecule has 0 aliphatic rings. The summed E-state index contributed by atoms with van der Waals surface area (Å²) < 4.78 is 0. The number of carbonyl (C=O) groups excluding carboxylic acids is 3. The minimum Gasteiger partial charge on any atom is -0.345 e. The van der Waals surface area contributed by atoms with Gasteiger partial charge in [-0.3, -0.25) is 14.4 Å². The van der Waals surface area contributed by atoms with Crippen molar-refractivity contribution < 1.29 is 14.4 Å². The zero-order chi connectivity index (χ0) is 23.8. The lowest BCUT2D eigenvalue weighted by atomic mass is 10.0. The molecule has 0 spiro atoms. The van der Waals surface area contributed by atoms with E-state index in [9.17, 15) is 14.4 Å². The molecule has 3 aromatic rings. The molecule has 3 rings (SSSR count). The number of hydrogen-bond acceptors (Lipinski definition) is 3. The SMILES string of the molecule is Cc1cccc(C)c1NC(=O)CNC(=O)C(Cc1ccccc1)NC(=O)c1ccc(Cl)cc1. The Kier molecular flexibility index (Phi) is 8.22. The van der Waals surface area contributed by atoms with Crippen LogP contribution < -0.4 is 16.0 Å². The Hall–Kier alpha value is -3.64. The second kappa shape index (κ2) is 11.3. The van der Waals surface area contributed by atoms with Gasteiger partial charge in [0, 0.05) is 22.7 Å². The number of anilines is 1. The van der Waals surface area contributed by atoms with E-state index in [4.69, 9.17) is 11.6 Å². The third kappa shape index (κ3) is 6.92. The summed E-state index contributed by atoms with van der Waals surface area (Å²) >= 11 is 5.89. The van der Waals surface area contributed by atoms with Gasteiger partial charge in [0.25, 0.3) is 5.91 Å². The molecule has 0 saturated heterocycles. The molecule has 0 aliphatic carbocycles. The summed E-state index contributed by atoms with van der Waals surface area (Å²) in [5.74, 6) is -1.19. The van der Waals surface area contributed by atoms with Gasteiger partial charge >= 0.3 is 0 Å². The van der Waals surface area contributed by atoms with Crippen molar-refractivity contribution in [3.63, 3.8) is 0 Å². The molecule has 7 heteroatoms. The Morgan fingerprint density at radius 1 is 0.848 bits per heavy atom. The fraction of sp³-hybridized carbons (Fsp3) is 0.192. The molecule has 3 N–H and O–H groups in total. The van der Waals surface area contributed by atoms with Crippen LogP contribution in [-0.4, -0.2) is 30.3 Å². The monoisotopic (exact) mass is 463 g/mol. The van der Waals surface area contributed by atoms with Crippen LogP contribution >= 0.6 is 11.6 Å². The van der Waals surface area contributed by atoms with Crippen molar-refractivity contribution in [3.05, 3.63) is 100 Å². The quantitative estimate of drug-likeness (QED) is 0.471. The summed E-state index contributed by atoms with van der Waals surface area (Å²) in [7, 11) is 0. The van der Waals surface area contributed by atoms with Gasteiger partial charge < -0.3 is 16.0 Å². The van der Waals surface area contributed by atoms with E-state index in [1.807, 2.05) is 62.4 Å². The molecule has 6 nitrogen and oxygen atoms in total. The van der Waals surface area contributed by atoms with Crippen molar-refractivity contribution in [2.75, 3.05) is 11.9 Å². The van der Waals surface area contributed by atoms with E-state index in [2.05, 4.69) is 16.0 Å². The lowest BCUT2D eigenvalue weighted by Gasteiger charge is -2.19. The first-order valence-corrected chi connectivity index (χ1v) is 11.0. The summed E-state index contributed by atoms with van der Waals surface area (Å²) in [5, 5.41) is 8.76. The van der Waals surface area contributed by atoms with Gasteiger partial charge in [0.2, 0.25) is 11.8 Å². The van der Waals surface area contributed by atoms with E-state index in [-0.39, 0.29) is 18.9 Å². The van der Waals surface area contributed by atoms with Crippen molar-refractivity contribution in [1.82, 2.24) is 10.6 Å². The molecule has 3 aromatic carbocycles. The Morgan fingerprint density at radius 3 is 2.12 bits per heavy atom. The molecule has 0 bridgehead atoms. The number of carbonyl (C=O) groups is 3. The van der Waals surface area contributed by atoms with Crippen molar-refractivity contribution in [2.24, 2.45) is 0 Å². The van der Waals surface area contributed by atoms with E-state index in [1.54, 1.807) is 24.3 Å². The van der Waals surface area contributed by atoms with Gasteiger partial charge in [0.05, 0.1) is 6.54 Å². The lowest BCUT2D eigenvalue weighted by molar-refractivity contribution is -0.125. The highest BCUT2D eigenvalue weighted by Crippen LogP contribution is 2.19. The highest BCUT2D eigenvalue weighted by molar-refractivity contribution is 6.30. The topological polar surface area (TPSA) is 87.3 Å². The zero-order valence-electron chi connectivity index (χ0n) is 18.5. The van der Waals surface area contributed by atoms with Gasteiger partial charge in [-0.2, -0.15) is 0 Å². The molecular formula is C26H26ClN3O3. The number of rotatable bonds is 8. The van der Waals surface area contributed by atoms with Crippen molar-refractivity contribution in [1.29, 1.82) is 0 Å². The summed E-state index contributed by atoms with van der Waals surface area (Å²) in [6.45, 7) is 3.60. The third-order valence-corrected chi connectivity index (χ3v) is 5.43. The van der Waals surface area contributed by atoms with E-state index in [0.717, 1.165) is 22.4 Å². The van der Waals surface area contributed by atoms with Crippen LogP contribution in [0.4, 0.5) is 5.69 Å². The molecular weight excluding hydrogens is 438 g/mol. The molecule has 1 atom stereocenters. The molecule has 170 valence electrons. The predicted molar refractivity (Wildman–Crippen MR) is 130 cm³/mol. The van der Waals surface area contributed by atoms with E-state index >= 15 is 0 Å². The van der Waals surface area contributed by atoms with Crippen LogP contribution in [0.1, 0.15) is 27.0 Å². The standard InChI is InChI=1S/C26H26ClN3O3/c1-17-7-6-8-18(2)24(17)30-23(31)16-28-26(33)22(15-19-9-4-3-5-10-19)29-25(32)20-11-13-21(27)14-12-20/h3-14,22H,15-16H2,1-2H3,(H,28,33)(H,29,32)(H,30,31). The largest absolute Gasteiger partial charge is 0.345 e. The zero-order valence-corrected chi connectivity index (χ0v) is 19.3. The first-order valence-electron chi connectivity index (χ1n) is 10.6. The van der Waals surface area contributed by atoms with Gasteiger partial charge in [-0.25, -0.2) is 0 Å². The van der Waals surface area contributed by atoms with E-state index in [0.29, 0.717) is 10.6 Å². The van der Waals surface area contributed by atoms with Crippen LogP contribution in [0.5, 0.6) is 0 Å². The predicted octanol–water partition coefficient (Wildman–Crippen LogP) is 4.05.